The van der Waals surface area contributed by atoms with Crippen LogP contribution in [0.4, 0.5) is 4.39 Å². The topological polar surface area (TPSA) is 41.6 Å². The Morgan fingerprint density at radius 3 is 2.81 bits per heavy atom. The van der Waals surface area contributed by atoms with Crippen molar-refractivity contribution in [2.75, 3.05) is 0 Å². The molecular weight excluding hydrogens is 333 g/mol. The summed E-state index contributed by atoms with van der Waals surface area (Å²) in [5.41, 5.74) is 2.30. The van der Waals surface area contributed by atoms with Gasteiger partial charge in [0.25, 0.3) is 0 Å². The Hall–Kier alpha value is -2.19. The van der Waals surface area contributed by atoms with Gasteiger partial charge in [0.1, 0.15) is 11.6 Å². The Balaban J connectivity index is 2.10. The molecule has 3 nitrogen and oxygen atoms in total. The molecule has 0 saturated heterocycles. The zero-order valence-corrected chi connectivity index (χ0v) is 12.6. The first-order valence-electron chi connectivity index (χ1n) is 6.44. The largest absolute Gasteiger partial charge is 0.323 e. The molecule has 21 heavy (non-hydrogen) atoms. The number of rotatable bonds is 3. The van der Waals surface area contributed by atoms with Crippen LogP contribution in [0.25, 0.3) is 11.0 Å². The summed E-state index contributed by atoms with van der Waals surface area (Å²) in [5, 5.41) is 8.94. The van der Waals surface area contributed by atoms with Gasteiger partial charge in [0, 0.05) is 10.0 Å². The first-order chi connectivity index (χ1) is 10.2. The van der Waals surface area contributed by atoms with Gasteiger partial charge in [-0.25, -0.2) is 9.37 Å². The number of nitriles is 1. The summed E-state index contributed by atoms with van der Waals surface area (Å²) in [5.74, 6) is 0.381. The number of benzene rings is 2. The van der Waals surface area contributed by atoms with Gasteiger partial charge in [0.05, 0.1) is 30.1 Å². The minimum atomic E-state index is -0.273. The Morgan fingerprint density at radius 2 is 2.05 bits per heavy atom. The smallest absolute Gasteiger partial charge is 0.129 e. The average molecular weight is 344 g/mol. The highest BCUT2D eigenvalue weighted by atomic mass is 79.9. The Bertz CT molecular complexity index is 848. The number of halogens is 2. The molecule has 0 saturated carbocycles. The van der Waals surface area contributed by atoms with Crippen molar-refractivity contribution in [3.8, 4) is 6.07 Å². The van der Waals surface area contributed by atoms with Crippen molar-refractivity contribution in [3.63, 3.8) is 0 Å². The zero-order valence-electron chi connectivity index (χ0n) is 11.1. The van der Waals surface area contributed by atoms with E-state index in [9.17, 15) is 4.39 Å². The lowest BCUT2D eigenvalue weighted by Crippen LogP contribution is -2.06. The van der Waals surface area contributed by atoms with Gasteiger partial charge < -0.3 is 4.57 Å². The van der Waals surface area contributed by atoms with Gasteiger partial charge >= 0.3 is 0 Å². The monoisotopic (exact) mass is 343 g/mol. The molecule has 3 aromatic rings. The lowest BCUT2D eigenvalue weighted by atomic mass is 10.2. The summed E-state index contributed by atoms with van der Waals surface area (Å²) < 4.78 is 16.6. The number of imidazole rings is 1. The van der Waals surface area contributed by atoms with Crippen LogP contribution in [-0.2, 0) is 13.0 Å². The summed E-state index contributed by atoms with van der Waals surface area (Å²) in [4.78, 5) is 4.45. The van der Waals surface area contributed by atoms with Crippen LogP contribution in [0.15, 0.2) is 46.9 Å². The fourth-order valence-corrected chi connectivity index (χ4v) is 2.66. The molecule has 1 heterocycles. The van der Waals surface area contributed by atoms with Crippen molar-refractivity contribution in [1.29, 1.82) is 5.26 Å². The first-order valence-corrected chi connectivity index (χ1v) is 7.23. The van der Waals surface area contributed by atoms with Crippen molar-refractivity contribution in [2.24, 2.45) is 0 Å². The molecule has 0 amide bonds. The second-order valence-corrected chi connectivity index (χ2v) is 5.59. The third kappa shape index (κ3) is 2.67. The molecule has 1 aromatic heterocycles. The number of hydrogen-bond acceptors (Lipinski definition) is 2. The molecule has 0 bridgehead atoms. The summed E-state index contributed by atoms with van der Waals surface area (Å²) in [7, 11) is 0. The molecule has 104 valence electrons. The van der Waals surface area contributed by atoms with Gasteiger partial charge in [-0.15, -0.1) is 0 Å². The summed E-state index contributed by atoms with van der Waals surface area (Å²) in [6.45, 7) is 0.358. The quantitative estimate of drug-likeness (QED) is 0.719. The molecule has 0 unspecified atom stereocenters. The standard InChI is InChI=1S/C16H11BrFN3/c17-12-6-5-11(13(18)9-12)10-21-15-4-2-1-3-14(15)20-16(21)7-8-19/h1-6,9H,7,10H2. The van der Waals surface area contributed by atoms with E-state index < -0.39 is 0 Å². The van der Waals surface area contributed by atoms with Gasteiger partial charge in [0.15, 0.2) is 0 Å². The highest BCUT2D eigenvalue weighted by Crippen LogP contribution is 2.21. The van der Waals surface area contributed by atoms with Gasteiger partial charge in [-0.2, -0.15) is 5.26 Å². The van der Waals surface area contributed by atoms with Crippen molar-refractivity contribution >= 4 is 27.0 Å². The minimum Gasteiger partial charge on any atom is -0.323 e. The van der Waals surface area contributed by atoms with Crippen LogP contribution in [0.5, 0.6) is 0 Å². The van der Waals surface area contributed by atoms with Gasteiger partial charge in [-0.1, -0.05) is 34.1 Å². The van der Waals surface area contributed by atoms with Crippen LogP contribution >= 0.6 is 15.9 Å². The molecule has 0 aliphatic rings. The molecule has 5 heteroatoms. The second-order valence-electron chi connectivity index (χ2n) is 4.67. The minimum absolute atomic E-state index is 0.201. The molecule has 3 rings (SSSR count). The van der Waals surface area contributed by atoms with Crippen LogP contribution in [0.3, 0.4) is 0 Å². The third-order valence-corrected chi connectivity index (χ3v) is 3.81. The number of aromatic nitrogens is 2. The van der Waals surface area contributed by atoms with E-state index in [-0.39, 0.29) is 12.2 Å². The molecule has 0 spiro atoms. The SMILES string of the molecule is N#CCc1nc2ccccc2n1Cc1ccc(Br)cc1F. The number of para-hydroxylation sites is 2. The van der Waals surface area contributed by atoms with Crippen molar-refractivity contribution in [1.82, 2.24) is 9.55 Å². The highest BCUT2D eigenvalue weighted by Gasteiger charge is 2.12. The predicted octanol–water partition coefficient (Wildman–Crippen LogP) is 4.05. The van der Waals surface area contributed by atoms with Crippen LogP contribution in [-0.4, -0.2) is 9.55 Å². The average Bonchev–Trinajstić information content (AvgIpc) is 2.80. The van der Waals surface area contributed by atoms with Crippen LogP contribution in [0.1, 0.15) is 11.4 Å². The van der Waals surface area contributed by atoms with Gasteiger partial charge in [-0.3, -0.25) is 0 Å². The molecular formula is C16H11BrFN3. The van der Waals surface area contributed by atoms with E-state index in [4.69, 9.17) is 5.26 Å². The number of nitrogens with zero attached hydrogens (tertiary/aromatic N) is 3. The Labute approximate surface area is 129 Å². The lowest BCUT2D eigenvalue weighted by Gasteiger charge is -2.09. The second kappa shape index (κ2) is 5.66. The van der Waals surface area contributed by atoms with E-state index >= 15 is 0 Å². The fourth-order valence-electron chi connectivity index (χ4n) is 2.33. The molecule has 0 aliphatic heterocycles. The summed E-state index contributed by atoms with van der Waals surface area (Å²) in [6, 6.07) is 14.7. The molecule has 0 atom stereocenters. The normalized spacial score (nSPS) is 10.7. The molecule has 0 fully saturated rings. The maximum absolute atomic E-state index is 14.0. The van der Waals surface area contributed by atoms with E-state index in [0.717, 1.165) is 11.0 Å². The van der Waals surface area contributed by atoms with Gasteiger partial charge in [0.2, 0.25) is 0 Å². The molecule has 0 aliphatic carbocycles. The first kappa shape index (κ1) is 13.8. The summed E-state index contributed by atoms with van der Waals surface area (Å²) in [6.07, 6.45) is 0.201. The van der Waals surface area contributed by atoms with E-state index in [1.165, 1.54) is 6.07 Å². The number of hydrogen-bond donors (Lipinski definition) is 0. The molecule has 0 N–H and O–H groups in total. The van der Waals surface area contributed by atoms with E-state index in [1.54, 1.807) is 6.07 Å². The van der Waals surface area contributed by atoms with Crippen molar-refractivity contribution in [2.45, 2.75) is 13.0 Å². The van der Waals surface area contributed by atoms with Crippen LogP contribution in [0.2, 0.25) is 0 Å². The summed E-state index contributed by atoms with van der Waals surface area (Å²) >= 11 is 3.25. The van der Waals surface area contributed by atoms with Crippen LogP contribution in [0, 0.1) is 17.1 Å². The Kier molecular flexibility index (Phi) is 3.72. The van der Waals surface area contributed by atoms with Crippen LogP contribution < -0.4 is 0 Å². The fraction of sp³-hybridized carbons (Fsp3) is 0.125. The highest BCUT2D eigenvalue weighted by molar-refractivity contribution is 9.10. The Morgan fingerprint density at radius 1 is 1.24 bits per heavy atom. The lowest BCUT2D eigenvalue weighted by molar-refractivity contribution is 0.598. The van der Waals surface area contributed by atoms with E-state index in [1.807, 2.05) is 34.9 Å². The molecule has 2 aromatic carbocycles. The predicted molar refractivity (Wildman–Crippen MR) is 82.3 cm³/mol. The van der Waals surface area contributed by atoms with Crippen molar-refractivity contribution < 1.29 is 4.39 Å². The number of fused-ring (bicyclic) bond motifs is 1. The van der Waals surface area contributed by atoms with E-state index in [2.05, 4.69) is 27.0 Å². The molecule has 0 radical (unpaired) electrons. The third-order valence-electron chi connectivity index (χ3n) is 3.31. The maximum Gasteiger partial charge on any atom is 0.129 e. The van der Waals surface area contributed by atoms with E-state index in [0.29, 0.717) is 22.4 Å². The zero-order chi connectivity index (χ0) is 14.8. The van der Waals surface area contributed by atoms with Crippen molar-refractivity contribution in [3.05, 3.63) is 64.1 Å². The van der Waals surface area contributed by atoms with Gasteiger partial charge in [-0.05, 0) is 24.3 Å². The maximum atomic E-state index is 14.0.